The third-order valence-electron chi connectivity index (χ3n) is 2.16. The fourth-order valence-electron chi connectivity index (χ4n) is 1.16. The van der Waals surface area contributed by atoms with Crippen LogP contribution in [0, 0.1) is 0 Å². The molecule has 17 heavy (non-hydrogen) atoms. The number of hydrogen-bond acceptors (Lipinski definition) is 3. The summed E-state index contributed by atoms with van der Waals surface area (Å²) >= 11 is 5.31. The zero-order valence-electron chi connectivity index (χ0n) is 9.81. The lowest BCUT2D eigenvalue weighted by Crippen LogP contribution is -2.14. The van der Waals surface area contributed by atoms with E-state index in [-0.39, 0.29) is 6.10 Å². The van der Waals surface area contributed by atoms with Crippen molar-refractivity contribution in [2.24, 2.45) is 0 Å². The van der Waals surface area contributed by atoms with Gasteiger partial charge in [0.25, 0.3) is 0 Å². The van der Waals surface area contributed by atoms with Gasteiger partial charge in [-0.15, -0.1) is 11.6 Å². The van der Waals surface area contributed by atoms with Gasteiger partial charge in [-0.25, -0.2) is 8.42 Å². The maximum absolute atomic E-state index is 11.3. The second-order valence-electron chi connectivity index (χ2n) is 3.69. The van der Waals surface area contributed by atoms with E-state index in [4.69, 9.17) is 16.3 Å². The highest BCUT2D eigenvalue weighted by atomic mass is 35.5. The van der Waals surface area contributed by atoms with E-state index in [1.807, 2.05) is 13.8 Å². The molecule has 1 rings (SSSR count). The number of sulfonamides is 1. The third-order valence-corrected chi connectivity index (χ3v) is 3.86. The van der Waals surface area contributed by atoms with Crippen molar-refractivity contribution in [2.75, 3.05) is 9.93 Å². The number of halogens is 1. The van der Waals surface area contributed by atoms with E-state index in [1.54, 1.807) is 24.3 Å². The Kier molecular flexibility index (Phi) is 5.08. The molecule has 1 aromatic carbocycles. The van der Waals surface area contributed by atoms with Crippen LogP contribution in [0.15, 0.2) is 24.3 Å². The zero-order chi connectivity index (χ0) is 12.9. The summed E-state index contributed by atoms with van der Waals surface area (Å²) in [6.45, 7) is 3.97. The Labute approximate surface area is 107 Å². The smallest absolute Gasteiger partial charge is 0.246 e. The van der Waals surface area contributed by atoms with Gasteiger partial charge in [-0.05, 0) is 25.5 Å². The van der Waals surface area contributed by atoms with Crippen molar-refractivity contribution < 1.29 is 13.2 Å². The topological polar surface area (TPSA) is 55.4 Å². The van der Waals surface area contributed by atoms with Crippen LogP contribution >= 0.6 is 11.6 Å². The number of ether oxygens (including phenoxy) is 1. The minimum absolute atomic E-state index is 0.0925. The molecule has 1 aromatic rings. The lowest BCUT2D eigenvalue weighted by molar-refractivity contribution is 0.217. The highest BCUT2D eigenvalue weighted by Gasteiger charge is 2.09. The Hall–Kier alpha value is -0.940. The molecule has 0 saturated carbocycles. The average Bonchev–Trinajstić information content (AvgIpc) is 2.29. The summed E-state index contributed by atoms with van der Waals surface area (Å²) in [6, 6.07) is 6.79. The Morgan fingerprint density at radius 1 is 1.47 bits per heavy atom. The molecule has 0 amide bonds. The van der Waals surface area contributed by atoms with E-state index in [9.17, 15) is 8.42 Å². The maximum Gasteiger partial charge on any atom is 0.246 e. The predicted molar refractivity (Wildman–Crippen MR) is 70.1 cm³/mol. The van der Waals surface area contributed by atoms with Crippen molar-refractivity contribution >= 4 is 27.3 Å². The largest absolute Gasteiger partial charge is 0.491 e. The molecule has 0 saturated heterocycles. The second kappa shape index (κ2) is 6.12. The molecule has 0 aromatic heterocycles. The monoisotopic (exact) mass is 277 g/mol. The first-order chi connectivity index (χ1) is 7.96. The molecule has 0 bridgehead atoms. The summed E-state index contributed by atoms with van der Waals surface area (Å²) in [7, 11) is -3.46. The fraction of sp³-hybridized carbons (Fsp3) is 0.455. The molecule has 0 aliphatic carbocycles. The van der Waals surface area contributed by atoms with Crippen LogP contribution in [-0.4, -0.2) is 19.7 Å². The van der Waals surface area contributed by atoms with Crippen LogP contribution in [0.5, 0.6) is 5.75 Å². The molecule has 0 radical (unpaired) electrons. The van der Waals surface area contributed by atoms with Gasteiger partial charge in [-0.2, -0.15) is 0 Å². The number of nitrogens with one attached hydrogen (secondary N) is 1. The van der Waals surface area contributed by atoms with Gasteiger partial charge in [0.15, 0.2) is 0 Å². The van der Waals surface area contributed by atoms with Gasteiger partial charge < -0.3 is 4.74 Å². The normalized spacial score (nSPS) is 13.1. The molecule has 1 unspecified atom stereocenters. The first-order valence-corrected chi connectivity index (χ1v) is 7.48. The highest BCUT2D eigenvalue weighted by molar-refractivity contribution is 7.93. The predicted octanol–water partition coefficient (Wildman–Crippen LogP) is 2.80. The molecular formula is C11H16ClNO3S. The van der Waals surface area contributed by atoms with Crippen LogP contribution in [0.3, 0.4) is 0 Å². The maximum atomic E-state index is 11.3. The van der Waals surface area contributed by atoms with Gasteiger partial charge in [0.1, 0.15) is 11.0 Å². The van der Waals surface area contributed by atoms with Crippen LogP contribution < -0.4 is 9.46 Å². The average molecular weight is 278 g/mol. The van der Waals surface area contributed by atoms with Gasteiger partial charge in [0.2, 0.25) is 10.0 Å². The highest BCUT2D eigenvalue weighted by Crippen LogP contribution is 2.20. The van der Waals surface area contributed by atoms with E-state index < -0.39 is 15.2 Å². The molecule has 4 nitrogen and oxygen atoms in total. The van der Waals surface area contributed by atoms with Crippen LogP contribution in [0.4, 0.5) is 5.69 Å². The summed E-state index contributed by atoms with van der Waals surface area (Å²) < 4.78 is 30.5. The number of benzene rings is 1. The summed E-state index contributed by atoms with van der Waals surface area (Å²) in [5, 5.41) is -0.469. The van der Waals surface area contributed by atoms with Gasteiger partial charge in [0.05, 0.1) is 11.8 Å². The van der Waals surface area contributed by atoms with Crippen LogP contribution in [-0.2, 0) is 10.0 Å². The summed E-state index contributed by atoms with van der Waals surface area (Å²) in [6.07, 6.45) is 0.979. The molecule has 0 aliphatic rings. The minimum atomic E-state index is -3.46. The molecule has 0 spiro atoms. The lowest BCUT2D eigenvalue weighted by atomic mass is 10.3. The summed E-state index contributed by atoms with van der Waals surface area (Å²) in [4.78, 5) is 0. The molecule has 0 heterocycles. The van der Waals surface area contributed by atoms with E-state index >= 15 is 0 Å². The van der Waals surface area contributed by atoms with Gasteiger partial charge in [-0.1, -0.05) is 13.0 Å². The molecule has 1 atom stereocenters. The van der Waals surface area contributed by atoms with Crippen molar-refractivity contribution in [2.45, 2.75) is 26.4 Å². The lowest BCUT2D eigenvalue weighted by Gasteiger charge is -2.13. The molecular weight excluding hydrogens is 262 g/mol. The van der Waals surface area contributed by atoms with Gasteiger partial charge in [0, 0.05) is 6.07 Å². The molecule has 6 heteroatoms. The zero-order valence-corrected chi connectivity index (χ0v) is 11.4. The van der Waals surface area contributed by atoms with Crippen LogP contribution in [0.25, 0.3) is 0 Å². The number of anilines is 1. The first kappa shape index (κ1) is 14.1. The molecule has 96 valence electrons. The van der Waals surface area contributed by atoms with Crippen LogP contribution in [0.1, 0.15) is 20.3 Å². The van der Waals surface area contributed by atoms with E-state index in [0.717, 1.165) is 6.42 Å². The number of rotatable bonds is 6. The van der Waals surface area contributed by atoms with Crippen molar-refractivity contribution in [1.82, 2.24) is 0 Å². The van der Waals surface area contributed by atoms with Gasteiger partial charge in [-0.3, -0.25) is 4.72 Å². The number of hydrogen-bond donors (Lipinski definition) is 1. The Morgan fingerprint density at radius 3 is 2.76 bits per heavy atom. The molecule has 0 fully saturated rings. The fourth-order valence-corrected chi connectivity index (χ4v) is 1.86. The van der Waals surface area contributed by atoms with E-state index in [1.165, 1.54) is 0 Å². The molecule has 1 N–H and O–H groups in total. The Morgan fingerprint density at radius 2 is 2.18 bits per heavy atom. The third kappa shape index (κ3) is 4.83. The van der Waals surface area contributed by atoms with Crippen LogP contribution in [0.2, 0.25) is 0 Å². The van der Waals surface area contributed by atoms with Crippen molar-refractivity contribution in [3.8, 4) is 5.75 Å². The summed E-state index contributed by atoms with van der Waals surface area (Å²) in [5.41, 5.74) is 0.450. The second-order valence-corrected chi connectivity index (χ2v) is 6.00. The standard InChI is InChI=1S/C11H16ClNO3S/c1-3-9(2)16-11-6-4-5-10(7-11)13-17(14,15)8-12/h4-7,9,13H,3,8H2,1-2H3. The SMILES string of the molecule is CCC(C)Oc1cccc(NS(=O)(=O)CCl)c1. The first-order valence-electron chi connectivity index (χ1n) is 5.30. The van der Waals surface area contributed by atoms with Crippen molar-refractivity contribution in [3.63, 3.8) is 0 Å². The van der Waals surface area contributed by atoms with E-state index in [0.29, 0.717) is 11.4 Å². The van der Waals surface area contributed by atoms with Gasteiger partial charge >= 0.3 is 0 Å². The summed E-state index contributed by atoms with van der Waals surface area (Å²) in [5.74, 6) is 0.633. The van der Waals surface area contributed by atoms with Crippen molar-refractivity contribution in [1.29, 1.82) is 0 Å². The van der Waals surface area contributed by atoms with Crippen molar-refractivity contribution in [3.05, 3.63) is 24.3 Å². The quantitative estimate of drug-likeness (QED) is 0.814. The molecule has 0 aliphatic heterocycles. The number of alkyl halides is 1. The Balaban J connectivity index is 2.79. The minimum Gasteiger partial charge on any atom is -0.491 e. The Bertz CT molecular complexity index is 462. The van der Waals surface area contributed by atoms with E-state index in [2.05, 4.69) is 4.72 Å².